The Hall–Kier alpha value is -2.35. The van der Waals surface area contributed by atoms with Gasteiger partial charge in [-0.1, -0.05) is 62.6 Å². The van der Waals surface area contributed by atoms with E-state index >= 15 is 0 Å². The van der Waals surface area contributed by atoms with Crippen LogP contribution in [-0.4, -0.2) is 5.71 Å². The number of nitrogens with zero attached hydrogens (tertiary/aromatic N) is 1. The van der Waals surface area contributed by atoms with Crippen LogP contribution in [0.3, 0.4) is 0 Å². The van der Waals surface area contributed by atoms with E-state index in [1.54, 1.807) is 0 Å². The van der Waals surface area contributed by atoms with Gasteiger partial charge in [0.25, 0.3) is 0 Å². The van der Waals surface area contributed by atoms with E-state index in [2.05, 4.69) is 49.5 Å². The molecule has 0 unspecified atom stereocenters. The summed E-state index contributed by atoms with van der Waals surface area (Å²) in [4.78, 5) is 4.84. The molecule has 0 aliphatic heterocycles. The molecule has 2 heteroatoms. The van der Waals surface area contributed by atoms with Gasteiger partial charge in [0.2, 0.25) is 0 Å². The molecule has 0 radical (unpaired) electrons. The van der Waals surface area contributed by atoms with Crippen LogP contribution in [0.2, 0.25) is 0 Å². The fourth-order valence-corrected chi connectivity index (χ4v) is 2.60. The SMILES string of the molecule is CCCCCCC(/C=C(\C)Nc1ccccc1)=Nc1ccccc1. The summed E-state index contributed by atoms with van der Waals surface area (Å²) in [6, 6.07) is 20.5. The normalized spacial score (nSPS) is 12.2. The van der Waals surface area contributed by atoms with Crippen molar-refractivity contribution in [3.05, 3.63) is 72.4 Å². The first kappa shape index (κ1) is 18.0. The molecule has 0 aliphatic rings. The van der Waals surface area contributed by atoms with Gasteiger partial charge < -0.3 is 5.32 Å². The van der Waals surface area contributed by atoms with E-state index in [9.17, 15) is 0 Å². The lowest BCUT2D eigenvalue weighted by molar-refractivity contribution is 0.683. The maximum atomic E-state index is 4.84. The van der Waals surface area contributed by atoms with Crippen molar-refractivity contribution in [1.82, 2.24) is 0 Å². The summed E-state index contributed by atoms with van der Waals surface area (Å²) in [5.41, 5.74) is 4.38. The number of anilines is 1. The summed E-state index contributed by atoms with van der Waals surface area (Å²) in [6.45, 7) is 4.34. The van der Waals surface area contributed by atoms with Gasteiger partial charge in [0.1, 0.15) is 0 Å². The van der Waals surface area contributed by atoms with Crippen LogP contribution in [0.1, 0.15) is 46.0 Å². The first-order valence-corrected chi connectivity index (χ1v) is 8.91. The van der Waals surface area contributed by atoms with Crippen molar-refractivity contribution in [2.45, 2.75) is 46.0 Å². The van der Waals surface area contributed by atoms with Gasteiger partial charge in [-0.25, -0.2) is 0 Å². The third-order valence-corrected chi connectivity index (χ3v) is 3.81. The van der Waals surface area contributed by atoms with Gasteiger partial charge in [-0.3, -0.25) is 4.99 Å². The Balaban J connectivity index is 2.09. The number of rotatable bonds is 9. The van der Waals surface area contributed by atoms with Crippen molar-refractivity contribution >= 4 is 17.1 Å². The molecule has 0 heterocycles. The van der Waals surface area contributed by atoms with Crippen LogP contribution in [0.25, 0.3) is 0 Å². The highest BCUT2D eigenvalue weighted by Gasteiger charge is 2.00. The minimum Gasteiger partial charge on any atom is -0.359 e. The predicted octanol–water partition coefficient (Wildman–Crippen LogP) is 6.75. The molecule has 2 aromatic rings. The van der Waals surface area contributed by atoms with E-state index in [4.69, 9.17) is 4.99 Å². The molecule has 0 saturated heterocycles. The highest BCUT2D eigenvalue weighted by molar-refractivity contribution is 5.97. The molecule has 0 amide bonds. The Morgan fingerprint density at radius 3 is 2.25 bits per heavy atom. The molecule has 0 spiro atoms. The molecule has 0 aromatic heterocycles. The van der Waals surface area contributed by atoms with Crippen molar-refractivity contribution < 1.29 is 0 Å². The lowest BCUT2D eigenvalue weighted by atomic mass is 10.1. The van der Waals surface area contributed by atoms with Crippen molar-refractivity contribution in [2.24, 2.45) is 4.99 Å². The summed E-state index contributed by atoms with van der Waals surface area (Å²) in [5.74, 6) is 0. The van der Waals surface area contributed by atoms with Crippen LogP contribution in [0.15, 0.2) is 77.4 Å². The number of unbranched alkanes of at least 4 members (excludes halogenated alkanes) is 3. The number of hydrogen-bond donors (Lipinski definition) is 1. The van der Waals surface area contributed by atoms with Gasteiger partial charge in [0, 0.05) is 17.1 Å². The molecule has 24 heavy (non-hydrogen) atoms. The highest BCUT2D eigenvalue weighted by Crippen LogP contribution is 2.15. The molecule has 2 aromatic carbocycles. The minimum atomic E-state index is 1.02. The fourth-order valence-electron chi connectivity index (χ4n) is 2.60. The first-order chi connectivity index (χ1) is 11.8. The van der Waals surface area contributed by atoms with Crippen LogP contribution in [0, 0.1) is 0 Å². The second-order valence-corrected chi connectivity index (χ2v) is 6.07. The summed E-state index contributed by atoms with van der Waals surface area (Å²) in [6.07, 6.45) is 8.20. The molecule has 0 aliphatic carbocycles. The molecule has 126 valence electrons. The topological polar surface area (TPSA) is 24.4 Å². The summed E-state index contributed by atoms with van der Waals surface area (Å²) in [7, 11) is 0. The average molecular weight is 320 g/mol. The molecule has 0 bridgehead atoms. The molecular weight excluding hydrogens is 292 g/mol. The number of nitrogens with one attached hydrogen (secondary N) is 1. The van der Waals surface area contributed by atoms with Gasteiger partial charge in [-0.05, 0) is 50.1 Å². The van der Waals surface area contributed by atoms with E-state index < -0.39 is 0 Å². The molecule has 0 atom stereocenters. The third-order valence-electron chi connectivity index (χ3n) is 3.81. The molecule has 2 rings (SSSR count). The van der Waals surface area contributed by atoms with E-state index in [-0.39, 0.29) is 0 Å². The molecule has 2 nitrogen and oxygen atoms in total. The van der Waals surface area contributed by atoms with Gasteiger partial charge in [0.15, 0.2) is 0 Å². The second-order valence-electron chi connectivity index (χ2n) is 6.07. The van der Waals surface area contributed by atoms with Crippen LogP contribution < -0.4 is 5.32 Å². The Morgan fingerprint density at radius 2 is 1.58 bits per heavy atom. The molecule has 0 saturated carbocycles. The van der Waals surface area contributed by atoms with Crippen molar-refractivity contribution in [3.63, 3.8) is 0 Å². The summed E-state index contributed by atoms with van der Waals surface area (Å²) in [5, 5.41) is 3.44. The maximum absolute atomic E-state index is 4.84. The zero-order valence-electron chi connectivity index (χ0n) is 14.8. The van der Waals surface area contributed by atoms with Crippen molar-refractivity contribution in [3.8, 4) is 0 Å². The van der Waals surface area contributed by atoms with E-state index in [0.717, 1.165) is 29.2 Å². The van der Waals surface area contributed by atoms with Gasteiger partial charge in [0.05, 0.1) is 5.69 Å². The number of aliphatic imine (C=N–C) groups is 1. The Bertz CT molecular complexity index is 642. The maximum Gasteiger partial charge on any atom is 0.0632 e. The van der Waals surface area contributed by atoms with Gasteiger partial charge in [-0.2, -0.15) is 0 Å². The van der Waals surface area contributed by atoms with E-state index in [1.807, 2.05) is 36.4 Å². The smallest absolute Gasteiger partial charge is 0.0632 e. The number of benzene rings is 2. The van der Waals surface area contributed by atoms with Crippen LogP contribution in [-0.2, 0) is 0 Å². The van der Waals surface area contributed by atoms with Crippen LogP contribution in [0.5, 0.6) is 0 Å². The fraction of sp³-hybridized carbons (Fsp3) is 0.318. The minimum absolute atomic E-state index is 1.02. The van der Waals surface area contributed by atoms with Crippen LogP contribution in [0.4, 0.5) is 11.4 Å². The molecular formula is C22H28N2. The molecule has 1 N–H and O–H groups in total. The van der Waals surface area contributed by atoms with Crippen molar-refractivity contribution in [2.75, 3.05) is 5.32 Å². The summed E-state index contributed by atoms with van der Waals surface area (Å²) < 4.78 is 0. The average Bonchev–Trinajstić information content (AvgIpc) is 2.60. The third kappa shape index (κ3) is 6.82. The number of allylic oxidation sites excluding steroid dienone is 2. The second kappa shape index (κ2) is 10.4. The highest BCUT2D eigenvalue weighted by atomic mass is 14.9. The van der Waals surface area contributed by atoms with Gasteiger partial charge in [-0.15, -0.1) is 0 Å². The number of para-hydroxylation sites is 2. The number of hydrogen-bond acceptors (Lipinski definition) is 2. The van der Waals surface area contributed by atoms with Gasteiger partial charge >= 0.3 is 0 Å². The first-order valence-electron chi connectivity index (χ1n) is 8.91. The Morgan fingerprint density at radius 1 is 0.917 bits per heavy atom. The lowest BCUT2D eigenvalue weighted by Gasteiger charge is -2.08. The lowest BCUT2D eigenvalue weighted by Crippen LogP contribution is -2.01. The van der Waals surface area contributed by atoms with E-state index in [0.29, 0.717) is 0 Å². The largest absolute Gasteiger partial charge is 0.359 e. The molecule has 0 fully saturated rings. The monoisotopic (exact) mass is 320 g/mol. The van der Waals surface area contributed by atoms with Crippen LogP contribution >= 0.6 is 0 Å². The Kier molecular flexibility index (Phi) is 7.82. The Labute approximate surface area is 146 Å². The standard InChI is InChI=1S/C22H28N2/c1-3-4-5-8-17-22(24-21-15-11-7-12-16-21)18-19(2)23-20-13-9-6-10-14-20/h6-7,9-16,18,23H,3-5,8,17H2,1-2H3/b19-18+,24-22?. The predicted molar refractivity (Wildman–Crippen MR) is 106 cm³/mol. The van der Waals surface area contributed by atoms with E-state index in [1.165, 1.54) is 25.7 Å². The summed E-state index contributed by atoms with van der Waals surface area (Å²) >= 11 is 0. The van der Waals surface area contributed by atoms with Crippen molar-refractivity contribution in [1.29, 1.82) is 0 Å². The zero-order valence-corrected chi connectivity index (χ0v) is 14.8. The quantitative estimate of drug-likeness (QED) is 0.401. The zero-order chi connectivity index (χ0) is 17.0.